The van der Waals surface area contributed by atoms with E-state index in [1.807, 2.05) is 6.92 Å². The van der Waals surface area contributed by atoms with E-state index in [4.69, 9.17) is 0 Å². The summed E-state index contributed by atoms with van der Waals surface area (Å²) in [4.78, 5) is 13.4. The fourth-order valence-corrected chi connectivity index (χ4v) is 1.38. The van der Waals surface area contributed by atoms with E-state index in [0.29, 0.717) is 5.78 Å². The Morgan fingerprint density at radius 3 is 2.90 bits per heavy atom. The topological polar surface area (TPSA) is 20.3 Å². The molecule has 1 atom stereocenters. The van der Waals surface area contributed by atoms with Crippen LogP contribution in [-0.2, 0) is 4.79 Å². The van der Waals surface area contributed by atoms with Crippen molar-refractivity contribution in [2.75, 3.05) is 19.6 Å². The number of nitrogens with zero attached hydrogens (tertiary/aromatic N) is 1. The predicted molar refractivity (Wildman–Crippen MR) is 40.9 cm³/mol. The number of likely N-dealkylation sites (tertiary alicyclic amines) is 1. The lowest BCUT2D eigenvalue weighted by atomic mass is 9.99. The van der Waals surface area contributed by atoms with Gasteiger partial charge in [-0.3, -0.25) is 4.79 Å². The molecule has 2 heteroatoms. The van der Waals surface area contributed by atoms with Gasteiger partial charge in [0.15, 0.2) is 0 Å². The molecule has 0 aromatic heterocycles. The fourth-order valence-electron chi connectivity index (χ4n) is 1.38. The summed E-state index contributed by atoms with van der Waals surface area (Å²) in [6.45, 7) is 7.18. The van der Waals surface area contributed by atoms with Gasteiger partial charge in [-0.15, -0.1) is 0 Å². The van der Waals surface area contributed by atoms with Gasteiger partial charge in [0.05, 0.1) is 0 Å². The van der Waals surface area contributed by atoms with Gasteiger partial charge in [-0.2, -0.15) is 0 Å². The summed E-state index contributed by atoms with van der Waals surface area (Å²) >= 11 is 0. The summed E-state index contributed by atoms with van der Waals surface area (Å²) in [7, 11) is 0. The van der Waals surface area contributed by atoms with Crippen molar-refractivity contribution < 1.29 is 4.79 Å². The zero-order chi connectivity index (χ0) is 7.56. The van der Waals surface area contributed by atoms with E-state index in [2.05, 4.69) is 11.8 Å². The Morgan fingerprint density at radius 2 is 2.40 bits per heavy atom. The Morgan fingerprint density at radius 1 is 1.70 bits per heavy atom. The molecule has 0 N–H and O–H groups in total. The first kappa shape index (κ1) is 7.73. The van der Waals surface area contributed by atoms with Gasteiger partial charge in [0, 0.05) is 25.4 Å². The van der Waals surface area contributed by atoms with Gasteiger partial charge < -0.3 is 4.90 Å². The minimum Gasteiger partial charge on any atom is -0.302 e. The van der Waals surface area contributed by atoms with Crippen LogP contribution in [0.2, 0.25) is 0 Å². The third-order valence-electron chi connectivity index (χ3n) is 2.20. The number of hydrogen-bond donors (Lipinski definition) is 0. The van der Waals surface area contributed by atoms with Crippen molar-refractivity contribution >= 4 is 5.78 Å². The van der Waals surface area contributed by atoms with Gasteiger partial charge in [0.25, 0.3) is 0 Å². The highest BCUT2D eigenvalue weighted by Crippen LogP contribution is 2.10. The lowest BCUT2D eigenvalue weighted by molar-refractivity contribution is -0.125. The molecule has 1 heterocycles. The summed E-state index contributed by atoms with van der Waals surface area (Å²) < 4.78 is 0. The summed E-state index contributed by atoms with van der Waals surface area (Å²) in [6, 6.07) is 0. The van der Waals surface area contributed by atoms with Crippen LogP contribution in [0.5, 0.6) is 0 Å². The molecule has 0 aliphatic carbocycles. The van der Waals surface area contributed by atoms with Gasteiger partial charge in [-0.25, -0.2) is 0 Å². The van der Waals surface area contributed by atoms with Gasteiger partial charge >= 0.3 is 0 Å². The molecule has 0 aromatic rings. The van der Waals surface area contributed by atoms with Crippen LogP contribution in [0, 0.1) is 5.92 Å². The second-order valence-corrected chi connectivity index (χ2v) is 3.01. The molecule has 0 radical (unpaired) electrons. The van der Waals surface area contributed by atoms with Gasteiger partial charge in [0.2, 0.25) is 0 Å². The van der Waals surface area contributed by atoms with Crippen LogP contribution in [0.3, 0.4) is 0 Å². The van der Waals surface area contributed by atoms with E-state index in [-0.39, 0.29) is 5.92 Å². The predicted octanol–water partition coefficient (Wildman–Crippen LogP) is 0.917. The Balaban J connectivity index is 2.40. The summed E-state index contributed by atoms with van der Waals surface area (Å²) in [6.07, 6.45) is 0.759. The molecule has 0 amide bonds. The molecule has 1 aliphatic rings. The van der Waals surface area contributed by atoms with E-state index >= 15 is 0 Å². The maximum absolute atomic E-state index is 11.0. The maximum atomic E-state index is 11.0. The molecule has 1 fully saturated rings. The highest BCUT2D eigenvalue weighted by atomic mass is 16.1. The normalized spacial score (nSPS) is 29.0. The first-order chi connectivity index (χ1) is 4.74. The van der Waals surface area contributed by atoms with Gasteiger partial charge in [-0.1, -0.05) is 13.8 Å². The first-order valence-electron chi connectivity index (χ1n) is 3.99. The van der Waals surface area contributed by atoms with Crippen LogP contribution in [0.1, 0.15) is 20.3 Å². The largest absolute Gasteiger partial charge is 0.302 e. The van der Waals surface area contributed by atoms with E-state index in [1.54, 1.807) is 0 Å². The molecule has 0 saturated carbocycles. The smallest absolute Gasteiger partial charge is 0.138 e. The number of piperidine rings is 1. The van der Waals surface area contributed by atoms with Crippen LogP contribution in [-0.4, -0.2) is 30.3 Å². The minimum atomic E-state index is 0.272. The Labute approximate surface area is 62.2 Å². The Bertz CT molecular complexity index is 133. The SMILES string of the molecule is CCN1CCC(=O)C(C)C1. The lowest BCUT2D eigenvalue weighted by Crippen LogP contribution is -2.39. The van der Waals surface area contributed by atoms with Crippen molar-refractivity contribution in [3.8, 4) is 0 Å². The van der Waals surface area contributed by atoms with E-state index < -0.39 is 0 Å². The number of ketones is 1. The molecule has 2 nitrogen and oxygen atoms in total. The molecule has 0 bridgehead atoms. The highest BCUT2D eigenvalue weighted by molar-refractivity contribution is 5.81. The van der Waals surface area contributed by atoms with Crippen molar-refractivity contribution in [1.82, 2.24) is 4.90 Å². The molecule has 1 rings (SSSR count). The van der Waals surface area contributed by atoms with E-state index in [9.17, 15) is 4.79 Å². The van der Waals surface area contributed by atoms with Crippen LogP contribution >= 0.6 is 0 Å². The molecule has 10 heavy (non-hydrogen) atoms. The minimum absolute atomic E-state index is 0.272. The maximum Gasteiger partial charge on any atom is 0.138 e. The fraction of sp³-hybridized carbons (Fsp3) is 0.875. The average molecular weight is 141 g/mol. The molecule has 0 aromatic carbocycles. The van der Waals surface area contributed by atoms with E-state index in [0.717, 1.165) is 26.1 Å². The second kappa shape index (κ2) is 3.15. The molecule has 0 spiro atoms. The Kier molecular flexibility index (Phi) is 2.44. The van der Waals surface area contributed by atoms with Crippen molar-refractivity contribution in [3.05, 3.63) is 0 Å². The number of hydrogen-bond acceptors (Lipinski definition) is 2. The monoisotopic (exact) mass is 141 g/mol. The molecule has 58 valence electrons. The summed E-state index contributed by atoms with van der Waals surface area (Å²) in [5.74, 6) is 0.707. The molecule has 1 saturated heterocycles. The Hall–Kier alpha value is -0.370. The third kappa shape index (κ3) is 1.57. The first-order valence-corrected chi connectivity index (χ1v) is 3.99. The van der Waals surface area contributed by atoms with Crippen molar-refractivity contribution in [3.63, 3.8) is 0 Å². The summed E-state index contributed by atoms with van der Waals surface area (Å²) in [5.41, 5.74) is 0. The lowest BCUT2D eigenvalue weighted by Gasteiger charge is -2.28. The number of rotatable bonds is 1. The summed E-state index contributed by atoms with van der Waals surface area (Å²) in [5, 5.41) is 0. The molecular formula is C8H15NO. The van der Waals surface area contributed by atoms with E-state index in [1.165, 1.54) is 0 Å². The molecular weight excluding hydrogens is 126 g/mol. The molecule has 1 aliphatic heterocycles. The van der Waals surface area contributed by atoms with Gasteiger partial charge in [-0.05, 0) is 6.54 Å². The third-order valence-corrected chi connectivity index (χ3v) is 2.20. The van der Waals surface area contributed by atoms with Crippen molar-refractivity contribution in [2.45, 2.75) is 20.3 Å². The number of carbonyl (C=O) groups excluding carboxylic acids is 1. The van der Waals surface area contributed by atoms with Gasteiger partial charge in [0.1, 0.15) is 5.78 Å². The second-order valence-electron chi connectivity index (χ2n) is 3.01. The van der Waals surface area contributed by atoms with Crippen LogP contribution < -0.4 is 0 Å². The standard InChI is InChI=1S/C8H15NO/c1-3-9-5-4-8(10)7(2)6-9/h7H,3-6H2,1-2H3. The van der Waals surface area contributed by atoms with Crippen molar-refractivity contribution in [1.29, 1.82) is 0 Å². The zero-order valence-corrected chi connectivity index (χ0v) is 6.76. The molecule has 1 unspecified atom stereocenters. The van der Waals surface area contributed by atoms with Crippen LogP contribution in [0.15, 0.2) is 0 Å². The number of Topliss-reactive ketones (excluding diaryl/α,β-unsaturated/α-hetero) is 1. The highest BCUT2D eigenvalue weighted by Gasteiger charge is 2.21. The van der Waals surface area contributed by atoms with Crippen LogP contribution in [0.4, 0.5) is 0 Å². The van der Waals surface area contributed by atoms with Crippen LogP contribution in [0.25, 0.3) is 0 Å². The zero-order valence-electron chi connectivity index (χ0n) is 6.76. The van der Waals surface area contributed by atoms with Crippen molar-refractivity contribution in [2.24, 2.45) is 5.92 Å². The number of carbonyl (C=O) groups is 1. The quantitative estimate of drug-likeness (QED) is 0.541. The average Bonchev–Trinajstić information content (AvgIpc) is 1.95.